The molecular weight excluding hydrogens is 204 g/mol. The number of ketones is 1. The maximum absolute atomic E-state index is 10.8. The number of hydrogen-bond acceptors (Lipinski definition) is 5. The molecule has 1 heterocycles. The van der Waals surface area contributed by atoms with Gasteiger partial charge in [-0.05, 0) is 25.4 Å². The fourth-order valence-corrected chi connectivity index (χ4v) is 2.99. The van der Waals surface area contributed by atoms with Crippen molar-refractivity contribution in [1.82, 2.24) is 9.36 Å². The van der Waals surface area contributed by atoms with Crippen molar-refractivity contribution in [1.29, 1.82) is 0 Å². The average Bonchev–Trinajstić information content (AvgIpc) is 2.33. The van der Waals surface area contributed by atoms with E-state index in [2.05, 4.69) is 9.36 Å². The molecule has 0 aromatic carbocycles. The second-order valence-electron chi connectivity index (χ2n) is 2.94. The van der Waals surface area contributed by atoms with Gasteiger partial charge in [-0.3, -0.25) is 4.79 Å². The van der Waals surface area contributed by atoms with Crippen molar-refractivity contribution in [3.05, 3.63) is 5.82 Å². The summed E-state index contributed by atoms with van der Waals surface area (Å²) in [6.45, 7) is 5.52. The number of aromatic nitrogens is 2. The fraction of sp³-hybridized carbons (Fsp3) is 0.625. The maximum Gasteiger partial charge on any atom is 0.170 e. The van der Waals surface area contributed by atoms with E-state index < -0.39 is 0 Å². The topological polar surface area (TPSA) is 42.9 Å². The van der Waals surface area contributed by atoms with Gasteiger partial charge in [0.2, 0.25) is 0 Å². The molecule has 1 rings (SSSR count). The van der Waals surface area contributed by atoms with E-state index in [1.54, 1.807) is 18.7 Å². The normalized spacial score (nSPS) is 12.8. The summed E-state index contributed by atoms with van der Waals surface area (Å²) in [5.41, 5.74) is 0. The number of carbonyl (C=O) groups excluding carboxylic acids is 1. The molecular formula is C8H12N2OS2. The van der Waals surface area contributed by atoms with Crippen LogP contribution in [0.15, 0.2) is 4.34 Å². The highest BCUT2D eigenvalue weighted by Gasteiger charge is 2.09. The van der Waals surface area contributed by atoms with Gasteiger partial charge in [0.25, 0.3) is 0 Å². The van der Waals surface area contributed by atoms with Crippen LogP contribution in [0.2, 0.25) is 0 Å². The molecule has 0 saturated carbocycles. The molecule has 0 amide bonds. The quantitative estimate of drug-likeness (QED) is 0.724. The smallest absolute Gasteiger partial charge is 0.170 e. The fourth-order valence-electron chi connectivity index (χ4n) is 0.944. The van der Waals surface area contributed by atoms with Crippen molar-refractivity contribution in [3.8, 4) is 0 Å². The van der Waals surface area contributed by atoms with Crippen LogP contribution in [0, 0.1) is 6.92 Å². The standard InChI is InChI=1S/C8H12N2OS2/c1-5(11)4-6(2)12-8-9-7(3)10-13-8/h6H,4H2,1-3H3. The molecule has 1 atom stereocenters. The Labute approximate surface area is 86.1 Å². The second kappa shape index (κ2) is 4.72. The van der Waals surface area contributed by atoms with Crippen molar-refractivity contribution in [2.24, 2.45) is 0 Å². The van der Waals surface area contributed by atoms with Crippen molar-refractivity contribution in [2.75, 3.05) is 0 Å². The van der Waals surface area contributed by atoms with Gasteiger partial charge in [0.15, 0.2) is 4.34 Å². The molecule has 1 aromatic heterocycles. The highest BCUT2D eigenvalue weighted by Crippen LogP contribution is 2.26. The zero-order valence-corrected chi connectivity index (χ0v) is 9.54. The summed E-state index contributed by atoms with van der Waals surface area (Å²) in [7, 11) is 0. The molecule has 0 radical (unpaired) electrons. The van der Waals surface area contributed by atoms with Gasteiger partial charge in [0.05, 0.1) is 0 Å². The molecule has 3 nitrogen and oxygen atoms in total. The minimum absolute atomic E-state index is 0.223. The van der Waals surface area contributed by atoms with Crippen LogP contribution in [-0.2, 0) is 4.79 Å². The third kappa shape index (κ3) is 3.87. The van der Waals surface area contributed by atoms with Crippen LogP contribution < -0.4 is 0 Å². The summed E-state index contributed by atoms with van der Waals surface area (Å²) < 4.78 is 5.02. The molecule has 1 unspecified atom stereocenters. The molecule has 0 N–H and O–H groups in total. The number of hydrogen-bond donors (Lipinski definition) is 0. The van der Waals surface area contributed by atoms with E-state index >= 15 is 0 Å². The number of rotatable bonds is 4. The molecule has 0 fully saturated rings. The Hall–Kier alpha value is -0.420. The first-order valence-corrected chi connectivity index (χ1v) is 5.69. The van der Waals surface area contributed by atoms with Crippen LogP contribution in [0.3, 0.4) is 0 Å². The Balaban J connectivity index is 2.44. The Kier molecular flexibility index (Phi) is 3.87. The number of thioether (sulfide) groups is 1. The number of nitrogens with zero attached hydrogens (tertiary/aromatic N) is 2. The molecule has 0 bridgehead atoms. The molecule has 0 spiro atoms. The monoisotopic (exact) mass is 216 g/mol. The van der Waals surface area contributed by atoms with Crippen LogP contribution in [0.1, 0.15) is 26.1 Å². The van der Waals surface area contributed by atoms with Gasteiger partial charge in [-0.1, -0.05) is 18.7 Å². The predicted molar refractivity (Wildman–Crippen MR) is 55.3 cm³/mol. The molecule has 0 aliphatic carbocycles. The van der Waals surface area contributed by atoms with Crippen LogP contribution >= 0.6 is 23.3 Å². The maximum atomic E-state index is 10.8. The number of aryl methyl sites for hydroxylation is 1. The lowest BCUT2D eigenvalue weighted by Crippen LogP contribution is -2.02. The number of Topliss-reactive ketones (excluding diaryl/α,β-unsaturated/α-hetero) is 1. The van der Waals surface area contributed by atoms with Gasteiger partial charge in [-0.2, -0.15) is 4.37 Å². The summed E-state index contributed by atoms with van der Waals surface area (Å²) in [5.74, 6) is 1.03. The SMILES string of the molecule is CC(=O)CC(C)Sc1nc(C)ns1. The van der Waals surface area contributed by atoms with Crippen LogP contribution in [0.5, 0.6) is 0 Å². The molecule has 0 saturated heterocycles. The van der Waals surface area contributed by atoms with E-state index in [0.29, 0.717) is 11.7 Å². The molecule has 0 aliphatic heterocycles. The summed E-state index contributed by atoms with van der Waals surface area (Å²) in [4.78, 5) is 15.0. The summed E-state index contributed by atoms with van der Waals surface area (Å²) in [6, 6.07) is 0. The Morgan fingerprint density at radius 2 is 2.38 bits per heavy atom. The predicted octanol–water partition coefficient (Wildman–Crippen LogP) is 2.31. The van der Waals surface area contributed by atoms with Gasteiger partial charge < -0.3 is 0 Å². The third-order valence-corrected chi connectivity index (χ3v) is 3.36. The van der Waals surface area contributed by atoms with E-state index in [0.717, 1.165) is 10.2 Å². The van der Waals surface area contributed by atoms with Crippen molar-refractivity contribution < 1.29 is 4.79 Å². The summed E-state index contributed by atoms with van der Waals surface area (Å²) in [5, 5.41) is 0.296. The number of carbonyl (C=O) groups is 1. The zero-order valence-electron chi connectivity index (χ0n) is 7.90. The molecule has 5 heteroatoms. The molecule has 72 valence electrons. The Bertz CT molecular complexity index is 298. The van der Waals surface area contributed by atoms with Crippen molar-refractivity contribution >= 4 is 29.1 Å². The van der Waals surface area contributed by atoms with Gasteiger partial charge in [0, 0.05) is 11.7 Å². The second-order valence-corrected chi connectivity index (χ2v) is 5.38. The summed E-state index contributed by atoms with van der Waals surface area (Å²) >= 11 is 3.01. The van der Waals surface area contributed by atoms with E-state index in [1.807, 2.05) is 13.8 Å². The first kappa shape index (κ1) is 10.7. The van der Waals surface area contributed by atoms with Crippen LogP contribution in [0.4, 0.5) is 0 Å². The average molecular weight is 216 g/mol. The van der Waals surface area contributed by atoms with Gasteiger partial charge in [0.1, 0.15) is 11.6 Å². The molecule has 1 aromatic rings. The van der Waals surface area contributed by atoms with Crippen molar-refractivity contribution in [3.63, 3.8) is 0 Å². The highest BCUT2D eigenvalue weighted by atomic mass is 32.2. The zero-order chi connectivity index (χ0) is 9.84. The lowest BCUT2D eigenvalue weighted by Gasteiger charge is -2.04. The highest BCUT2D eigenvalue weighted by molar-refractivity contribution is 8.01. The minimum Gasteiger partial charge on any atom is -0.300 e. The molecule has 0 aliphatic rings. The first-order valence-electron chi connectivity index (χ1n) is 4.04. The van der Waals surface area contributed by atoms with Crippen LogP contribution in [-0.4, -0.2) is 20.4 Å². The first-order chi connectivity index (χ1) is 6.08. The van der Waals surface area contributed by atoms with E-state index in [9.17, 15) is 4.79 Å². The van der Waals surface area contributed by atoms with E-state index in [1.165, 1.54) is 11.5 Å². The largest absolute Gasteiger partial charge is 0.300 e. The van der Waals surface area contributed by atoms with Gasteiger partial charge >= 0.3 is 0 Å². The van der Waals surface area contributed by atoms with Crippen molar-refractivity contribution in [2.45, 2.75) is 36.8 Å². The third-order valence-electron chi connectivity index (χ3n) is 1.39. The van der Waals surface area contributed by atoms with Gasteiger partial charge in [-0.25, -0.2) is 4.98 Å². The lowest BCUT2D eigenvalue weighted by atomic mass is 10.2. The minimum atomic E-state index is 0.223. The summed E-state index contributed by atoms with van der Waals surface area (Å²) in [6.07, 6.45) is 0.600. The Morgan fingerprint density at radius 1 is 1.69 bits per heavy atom. The molecule has 13 heavy (non-hydrogen) atoms. The lowest BCUT2D eigenvalue weighted by molar-refractivity contribution is -0.116. The Morgan fingerprint density at radius 3 is 2.85 bits per heavy atom. The van der Waals surface area contributed by atoms with E-state index in [4.69, 9.17) is 0 Å². The van der Waals surface area contributed by atoms with Gasteiger partial charge in [-0.15, -0.1) is 0 Å². The van der Waals surface area contributed by atoms with Crippen LogP contribution in [0.25, 0.3) is 0 Å². The van der Waals surface area contributed by atoms with E-state index in [-0.39, 0.29) is 5.78 Å².